The number of nitrogens with zero attached hydrogens (tertiary/aromatic N) is 1. The van der Waals surface area contributed by atoms with Gasteiger partial charge in [-0.2, -0.15) is 0 Å². The molecule has 1 spiro atoms. The average molecular weight is 496 g/mol. The van der Waals surface area contributed by atoms with Crippen molar-refractivity contribution >= 4 is 24.1 Å². The third-order valence-corrected chi connectivity index (χ3v) is 10.1. The highest BCUT2D eigenvalue weighted by atomic mass is 16.5. The summed E-state index contributed by atoms with van der Waals surface area (Å²) in [5.74, 6) is 2.05. The van der Waals surface area contributed by atoms with Gasteiger partial charge >= 0.3 is 0 Å². The van der Waals surface area contributed by atoms with Crippen LogP contribution < -0.4 is 10.6 Å². The van der Waals surface area contributed by atoms with Crippen molar-refractivity contribution in [3.05, 3.63) is 34.9 Å². The van der Waals surface area contributed by atoms with E-state index < -0.39 is 11.9 Å². The highest BCUT2D eigenvalue weighted by Crippen LogP contribution is 2.82. The molecule has 1 saturated heterocycles. The first-order valence-electron chi connectivity index (χ1n) is 13.2. The molecule has 3 saturated carbocycles. The van der Waals surface area contributed by atoms with Gasteiger partial charge in [0.25, 0.3) is 5.91 Å². The summed E-state index contributed by atoms with van der Waals surface area (Å²) in [7, 11) is 1.88. The van der Waals surface area contributed by atoms with Crippen LogP contribution in [-0.4, -0.2) is 48.8 Å². The summed E-state index contributed by atoms with van der Waals surface area (Å²) in [5.41, 5.74) is 3.53. The number of rotatable bonds is 6. The van der Waals surface area contributed by atoms with Crippen LogP contribution in [0, 0.1) is 28.6 Å². The third-order valence-electron chi connectivity index (χ3n) is 10.1. The molecule has 2 N–H and O–H groups in total. The van der Waals surface area contributed by atoms with Crippen LogP contribution in [0.4, 0.5) is 0 Å². The second-order valence-corrected chi connectivity index (χ2v) is 11.4. The monoisotopic (exact) mass is 495 g/mol. The quantitative estimate of drug-likeness (QED) is 0.467. The lowest BCUT2D eigenvalue weighted by atomic mass is 9.75. The van der Waals surface area contributed by atoms with Crippen molar-refractivity contribution < 1.29 is 23.9 Å². The Bertz CT molecular complexity index is 1070. The second kappa shape index (κ2) is 9.29. The molecule has 3 unspecified atom stereocenters. The van der Waals surface area contributed by atoms with Crippen molar-refractivity contribution in [3.63, 3.8) is 0 Å². The Morgan fingerprint density at radius 1 is 1.14 bits per heavy atom. The molecule has 3 aliphatic carbocycles. The zero-order chi connectivity index (χ0) is 25.7. The lowest BCUT2D eigenvalue weighted by Gasteiger charge is -2.32. The van der Waals surface area contributed by atoms with E-state index in [1.54, 1.807) is 6.07 Å². The van der Waals surface area contributed by atoms with E-state index in [1.165, 1.54) is 30.6 Å². The van der Waals surface area contributed by atoms with Gasteiger partial charge in [0.05, 0.1) is 6.61 Å². The molecule has 6 rings (SSSR count). The standard InChI is InChI=1S/C15H15N3O4.C13H22O/c19-8-16-6-9-1-2-10-7-18(15(22)11(10)5-9)12-3-4-13(20)17-14(12)21;1-9-10(2)13(9)11-4-6-12(13,7-5-11)8-14-3/h1-2,5,8,12H,3-4,6-7H2,(H,16,19)(H,17,20,21);9-11H,4-8H2,1-3H3. The van der Waals surface area contributed by atoms with Gasteiger partial charge in [-0.15, -0.1) is 0 Å². The number of carbonyl (C=O) groups excluding carboxylic acids is 4. The highest BCUT2D eigenvalue weighted by molar-refractivity contribution is 6.05. The number of piperidine rings is 1. The minimum absolute atomic E-state index is 0.211. The van der Waals surface area contributed by atoms with Crippen molar-refractivity contribution in [1.29, 1.82) is 0 Å². The first-order valence-corrected chi connectivity index (χ1v) is 13.2. The van der Waals surface area contributed by atoms with Gasteiger partial charge in [-0.1, -0.05) is 26.0 Å². The van der Waals surface area contributed by atoms with Crippen LogP contribution in [0.15, 0.2) is 18.2 Å². The van der Waals surface area contributed by atoms with E-state index in [0.717, 1.165) is 35.5 Å². The Hall–Kier alpha value is -2.74. The number of imide groups is 1. The number of hydrogen-bond acceptors (Lipinski definition) is 5. The zero-order valence-corrected chi connectivity index (χ0v) is 21.5. The molecule has 2 bridgehead atoms. The fraction of sp³-hybridized carbons (Fsp3) is 0.643. The topological polar surface area (TPSA) is 105 Å². The lowest BCUT2D eigenvalue weighted by molar-refractivity contribution is -0.136. The molecule has 194 valence electrons. The van der Waals surface area contributed by atoms with Crippen molar-refractivity contribution in [1.82, 2.24) is 15.5 Å². The minimum Gasteiger partial charge on any atom is -0.384 e. The molecule has 1 aromatic carbocycles. The Labute approximate surface area is 212 Å². The number of carbonyl (C=O) groups is 4. The summed E-state index contributed by atoms with van der Waals surface area (Å²) >= 11 is 0. The van der Waals surface area contributed by atoms with E-state index in [-0.39, 0.29) is 18.2 Å². The maximum absolute atomic E-state index is 12.5. The van der Waals surface area contributed by atoms with Gasteiger partial charge in [0.1, 0.15) is 6.04 Å². The molecule has 1 aromatic rings. The molecule has 0 aromatic heterocycles. The van der Waals surface area contributed by atoms with Crippen LogP contribution in [0.2, 0.25) is 0 Å². The molecule has 36 heavy (non-hydrogen) atoms. The number of benzene rings is 1. The largest absolute Gasteiger partial charge is 0.384 e. The molecule has 0 radical (unpaired) electrons. The van der Waals surface area contributed by atoms with E-state index >= 15 is 0 Å². The van der Waals surface area contributed by atoms with E-state index in [0.29, 0.717) is 42.3 Å². The molecular weight excluding hydrogens is 458 g/mol. The van der Waals surface area contributed by atoms with Crippen LogP contribution in [0.3, 0.4) is 0 Å². The number of ether oxygens (including phenoxy) is 1. The summed E-state index contributed by atoms with van der Waals surface area (Å²) in [6.45, 7) is 6.68. The van der Waals surface area contributed by atoms with Crippen molar-refractivity contribution in [2.45, 2.75) is 71.5 Å². The molecule has 8 heteroatoms. The van der Waals surface area contributed by atoms with Crippen molar-refractivity contribution in [2.24, 2.45) is 28.6 Å². The Kier molecular flexibility index (Phi) is 6.43. The van der Waals surface area contributed by atoms with Crippen LogP contribution in [0.25, 0.3) is 0 Å². The van der Waals surface area contributed by atoms with Gasteiger partial charge in [-0.05, 0) is 72.5 Å². The van der Waals surface area contributed by atoms with Crippen LogP contribution >= 0.6 is 0 Å². The normalized spacial score (nSPS) is 35.9. The zero-order valence-electron chi connectivity index (χ0n) is 21.5. The molecule has 8 nitrogen and oxygen atoms in total. The first-order chi connectivity index (χ1) is 17.3. The SMILES string of the molecule is COCC12CCC(CC1)C21C(C)C1C.O=CNCc1ccc2c(c1)C(=O)N(C1CCC(=O)NC1=O)C2. The highest BCUT2D eigenvalue weighted by Gasteiger charge is 2.77. The number of methoxy groups -OCH3 is 1. The van der Waals surface area contributed by atoms with Crippen LogP contribution in [0.5, 0.6) is 0 Å². The molecule has 2 heterocycles. The summed E-state index contributed by atoms with van der Waals surface area (Å²) in [6.07, 6.45) is 7.05. The predicted octanol–water partition coefficient (Wildman–Crippen LogP) is 2.79. The van der Waals surface area contributed by atoms with Gasteiger partial charge < -0.3 is 15.0 Å². The summed E-state index contributed by atoms with van der Waals surface area (Å²) in [4.78, 5) is 47.5. The van der Waals surface area contributed by atoms with Gasteiger partial charge in [-0.3, -0.25) is 24.5 Å². The number of fused-ring (bicyclic) bond motifs is 1. The molecular formula is C28H37N3O5. The van der Waals surface area contributed by atoms with Gasteiger partial charge in [0.2, 0.25) is 18.2 Å². The third kappa shape index (κ3) is 3.67. The van der Waals surface area contributed by atoms with Crippen molar-refractivity contribution in [2.75, 3.05) is 13.7 Å². The Morgan fingerprint density at radius 2 is 1.86 bits per heavy atom. The molecule has 4 amide bonds. The number of hydrogen-bond donors (Lipinski definition) is 2. The number of nitrogens with one attached hydrogen (secondary N) is 2. The average Bonchev–Trinajstić information content (AvgIpc) is 3.15. The summed E-state index contributed by atoms with van der Waals surface area (Å²) in [5, 5.41) is 4.82. The Balaban J connectivity index is 0.000000163. The first kappa shape index (κ1) is 24.9. The fourth-order valence-electron chi connectivity index (χ4n) is 8.45. The second-order valence-electron chi connectivity index (χ2n) is 11.4. The fourth-order valence-corrected chi connectivity index (χ4v) is 8.45. The van der Waals surface area contributed by atoms with Crippen LogP contribution in [0.1, 0.15) is 73.9 Å². The molecule has 3 atom stereocenters. The maximum Gasteiger partial charge on any atom is 0.255 e. The summed E-state index contributed by atoms with van der Waals surface area (Å²) in [6, 6.07) is 4.81. The molecule has 2 aliphatic heterocycles. The van der Waals surface area contributed by atoms with Crippen LogP contribution in [-0.2, 0) is 32.2 Å². The Morgan fingerprint density at radius 3 is 2.47 bits per heavy atom. The van der Waals surface area contributed by atoms with Gasteiger partial charge in [0.15, 0.2) is 0 Å². The predicted molar refractivity (Wildman–Crippen MR) is 132 cm³/mol. The smallest absolute Gasteiger partial charge is 0.255 e. The summed E-state index contributed by atoms with van der Waals surface area (Å²) < 4.78 is 5.52. The van der Waals surface area contributed by atoms with E-state index in [2.05, 4.69) is 24.5 Å². The van der Waals surface area contributed by atoms with Gasteiger partial charge in [0, 0.05) is 37.6 Å². The van der Waals surface area contributed by atoms with E-state index in [9.17, 15) is 19.2 Å². The molecule has 5 aliphatic rings. The minimum atomic E-state index is -0.603. The lowest BCUT2D eigenvalue weighted by Crippen LogP contribution is -2.52. The van der Waals surface area contributed by atoms with E-state index in [1.807, 2.05) is 19.2 Å². The van der Waals surface area contributed by atoms with E-state index in [4.69, 9.17) is 4.74 Å². The van der Waals surface area contributed by atoms with Crippen molar-refractivity contribution in [3.8, 4) is 0 Å². The number of amides is 4. The maximum atomic E-state index is 12.5. The van der Waals surface area contributed by atoms with Gasteiger partial charge in [-0.25, -0.2) is 0 Å². The molecule has 4 fully saturated rings.